The van der Waals surface area contributed by atoms with E-state index in [4.69, 9.17) is 0 Å². The minimum atomic E-state index is -0.0123. The van der Waals surface area contributed by atoms with Gasteiger partial charge >= 0.3 is 0 Å². The normalized spacial score (nSPS) is 20.8. The van der Waals surface area contributed by atoms with Gasteiger partial charge in [-0.15, -0.1) is 0 Å². The van der Waals surface area contributed by atoms with E-state index in [1.54, 1.807) is 0 Å². The third-order valence-corrected chi connectivity index (χ3v) is 6.10. The van der Waals surface area contributed by atoms with E-state index in [-0.39, 0.29) is 26.7 Å². The van der Waals surface area contributed by atoms with Crippen LogP contribution in [0.2, 0.25) is 6.55 Å². The maximum atomic E-state index is 3.89. The Kier molecular flexibility index (Phi) is 13.1. The molecular formula is C18H37BrN3Si-. The zero-order valence-electron chi connectivity index (χ0n) is 15.8. The first-order chi connectivity index (χ1) is 10.6. The molecule has 1 aromatic rings. The highest BCUT2D eigenvalue weighted by Crippen LogP contribution is 2.25. The summed E-state index contributed by atoms with van der Waals surface area (Å²) in [6.07, 6.45) is 11.3. The number of likely N-dealkylation sites (tertiary alicyclic amines) is 1. The molecule has 1 aliphatic rings. The fraction of sp³-hybridized carbons (Fsp3) is 0.833. The van der Waals surface area contributed by atoms with Crippen molar-refractivity contribution in [2.75, 3.05) is 19.6 Å². The second-order valence-corrected chi connectivity index (χ2v) is 8.43. The van der Waals surface area contributed by atoms with Gasteiger partial charge in [-0.25, -0.2) is 4.98 Å². The molecule has 3 atom stereocenters. The summed E-state index contributed by atoms with van der Waals surface area (Å²) in [7, 11) is -0.0123. The molecule has 0 spiro atoms. The van der Waals surface area contributed by atoms with E-state index in [2.05, 4.69) is 48.4 Å². The number of rotatable bonds is 7. The molecular weight excluding hydrogens is 366 g/mol. The summed E-state index contributed by atoms with van der Waals surface area (Å²) in [6.45, 7) is 15.7. The van der Waals surface area contributed by atoms with E-state index in [0.717, 1.165) is 17.8 Å². The quantitative estimate of drug-likeness (QED) is 0.624. The number of aromatic nitrogens is 2. The third kappa shape index (κ3) is 9.68. The molecule has 1 aromatic heterocycles. The maximum Gasteiger partial charge on any atom is 0.127 e. The van der Waals surface area contributed by atoms with Crippen LogP contribution in [0.1, 0.15) is 53.4 Å². The lowest BCUT2D eigenvalue weighted by atomic mass is 9.93. The average Bonchev–Trinajstić information content (AvgIpc) is 3.19. The van der Waals surface area contributed by atoms with E-state index in [1.165, 1.54) is 45.3 Å². The van der Waals surface area contributed by atoms with Gasteiger partial charge in [0.15, 0.2) is 0 Å². The molecule has 1 saturated heterocycles. The van der Waals surface area contributed by atoms with Gasteiger partial charge in [0.1, 0.15) is 9.68 Å². The molecule has 136 valence electrons. The van der Waals surface area contributed by atoms with Crippen molar-refractivity contribution in [3.8, 4) is 0 Å². The lowest BCUT2D eigenvalue weighted by Gasteiger charge is -2.20. The van der Waals surface area contributed by atoms with Gasteiger partial charge in [-0.3, -0.25) is 0 Å². The zero-order chi connectivity index (χ0) is 16.4. The number of imidazole rings is 1. The summed E-state index contributed by atoms with van der Waals surface area (Å²) in [5.41, 5.74) is 0. The molecule has 2 rings (SSSR count). The maximum absolute atomic E-state index is 3.89. The van der Waals surface area contributed by atoms with Gasteiger partial charge < -0.3 is 26.1 Å². The minimum Gasteiger partial charge on any atom is -1.00 e. The van der Waals surface area contributed by atoms with Crippen molar-refractivity contribution in [2.24, 2.45) is 17.8 Å². The molecule has 0 bridgehead atoms. The van der Waals surface area contributed by atoms with Crippen LogP contribution in [-0.2, 0) is 0 Å². The molecule has 2 heterocycles. The summed E-state index contributed by atoms with van der Waals surface area (Å²) in [5, 5.41) is 0. The Balaban J connectivity index is 0.000000509. The monoisotopic (exact) mass is 402 g/mol. The van der Waals surface area contributed by atoms with Crippen molar-refractivity contribution in [1.82, 2.24) is 14.1 Å². The molecule has 0 aliphatic carbocycles. The predicted molar refractivity (Wildman–Crippen MR) is 100 cm³/mol. The molecule has 3 nitrogen and oxygen atoms in total. The molecule has 1 fully saturated rings. The lowest BCUT2D eigenvalue weighted by molar-refractivity contribution is -0.00000516. The largest absolute Gasteiger partial charge is 1.00 e. The molecule has 0 N–H and O–H groups in total. The molecule has 0 aromatic carbocycles. The van der Waals surface area contributed by atoms with E-state index < -0.39 is 0 Å². The van der Waals surface area contributed by atoms with E-state index in [1.807, 2.05) is 18.7 Å². The summed E-state index contributed by atoms with van der Waals surface area (Å²) in [4.78, 5) is 6.57. The fourth-order valence-corrected chi connectivity index (χ4v) is 3.61. The van der Waals surface area contributed by atoms with Crippen molar-refractivity contribution in [3.63, 3.8) is 0 Å². The van der Waals surface area contributed by atoms with Crippen LogP contribution < -0.4 is 17.0 Å². The van der Waals surface area contributed by atoms with Gasteiger partial charge in [0.05, 0.1) is 6.33 Å². The summed E-state index contributed by atoms with van der Waals surface area (Å²) >= 11 is 0. The molecule has 0 radical (unpaired) electrons. The van der Waals surface area contributed by atoms with Crippen molar-refractivity contribution >= 4 is 9.68 Å². The number of nitrogens with zero attached hydrogens (tertiary/aromatic N) is 3. The van der Waals surface area contributed by atoms with Crippen molar-refractivity contribution < 1.29 is 17.0 Å². The van der Waals surface area contributed by atoms with Crippen molar-refractivity contribution in [1.29, 1.82) is 0 Å². The Bertz CT molecular complexity index is 354. The molecule has 0 amide bonds. The average molecular weight is 404 g/mol. The Hall–Kier alpha value is -0.133. The van der Waals surface area contributed by atoms with Gasteiger partial charge in [-0.05, 0) is 37.1 Å². The minimum absolute atomic E-state index is 0. The van der Waals surface area contributed by atoms with Crippen molar-refractivity contribution in [3.05, 3.63) is 18.7 Å². The number of hydrogen-bond donors (Lipinski definition) is 0. The SMILES string of the molecule is CC[C@H](C)CC1CCN(C[C@@H](C)CC)C1.C[SiH2]n1ccnc1.[Br-]. The van der Waals surface area contributed by atoms with Crippen LogP contribution in [0.3, 0.4) is 0 Å². The number of hydrogen-bond acceptors (Lipinski definition) is 2. The highest BCUT2D eigenvalue weighted by Gasteiger charge is 2.24. The summed E-state index contributed by atoms with van der Waals surface area (Å²) < 4.78 is 2.15. The molecule has 5 heteroatoms. The van der Waals surface area contributed by atoms with Crippen LogP contribution in [0, 0.1) is 17.8 Å². The predicted octanol–water partition coefficient (Wildman–Crippen LogP) is 0.658. The van der Waals surface area contributed by atoms with Gasteiger partial charge in [-0.1, -0.05) is 47.1 Å². The van der Waals surface area contributed by atoms with Crippen LogP contribution in [0.15, 0.2) is 18.7 Å². The lowest BCUT2D eigenvalue weighted by Crippen LogP contribution is -3.00. The van der Waals surface area contributed by atoms with Crippen LogP contribution in [0.5, 0.6) is 0 Å². The molecule has 0 saturated carbocycles. The topological polar surface area (TPSA) is 21.1 Å². The number of halogens is 1. The molecule has 1 unspecified atom stereocenters. The first kappa shape index (κ1) is 22.9. The highest BCUT2D eigenvalue weighted by molar-refractivity contribution is 6.31. The second-order valence-electron chi connectivity index (χ2n) is 7.07. The Morgan fingerprint density at radius 2 is 1.91 bits per heavy atom. The van der Waals surface area contributed by atoms with Crippen LogP contribution in [-0.4, -0.2) is 43.4 Å². The Morgan fingerprint density at radius 3 is 2.39 bits per heavy atom. The first-order valence-corrected chi connectivity index (χ1v) is 11.3. The first-order valence-electron chi connectivity index (χ1n) is 9.26. The second kappa shape index (κ2) is 13.2. The van der Waals surface area contributed by atoms with Crippen molar-refractivity contribution in [2.45, 2.75) is 59.9 Å². The third-order valence-electron chi connectivity index (χ3n) is 4.99. The summed E-state index contributed by atoms with van der Waals surface area (Å²) in [6, 6.07) is 0. The van der Waals surface area contributed by atoms with Crippen LogP contribution in [0.25, 0.3) is 0 Å². The summed E-state index contributed by atoms with van der Waals surface area (Å²) in [5.74, 6) is 2.80. The molecule has 1 aliphatic heterocycles. The molecule has 23 heavy (non-hydrogen) atoms. The zero-order valence-corrected chi connectivity index (χ0v) is 18.8. The van der Waals surface area contributed by atoms with E-state index >= 15 is 0 Å². The highest BCUT2D eigenvalue weighted by atomic mass is 79.9. The Labute approximate surface area is 156 Å². The fourth-order valence-electron chi connectivity index (χ4n) is 3.05. The Morgan fingerprint density at radius 1 is 1.22 bits per heavy atom. The van der Waals surface area contributed by atoms with Crippen LogP contribution in [0.4, 0.5) is 0 Å². The van der Waals surface area contributed by atoms with E-state index in [9.17, 15) is 0 Å². The van der Waals surface area contributed by atoms with Gasteiger partial charge in [0.2, 0.25) is 0 Å². The van der Waals surface area contributed by atoms with Gasteiger partial charge in [0, 0.05) is 25.5 Å². The smallest absolute Gasteiger partial charge is 0.127 e. The van der Waals surface area contributed by atoms with Gasteiger partial charge in [0.25, 0.3) is 0 Å². The van der Waals surface area contributed by atoms with E-state index in [0.29, 0.717) is 0 Å². The van der Waals surface area contributed by atoms with Crippen LogP contribution >= 0.6 is 0 Å². The standard InChI is InChI=1S/C14H29N.C4H8N2Si.BrH/c1-5-12(3)9-14-7-8-15(11-14)10-13(4)6-2;1-7-6-3-2-5-4-6;/h12-14H,5-11H2,1-4H3;2-4H,7H2,1H3;1H/p-1/t12-,13-,14?;;/m0../s1. The van der Waals surface area contributed by atoms with Gasteiger partial charge in [-0.2, -0.15) is 0 Å².